The van der Waals surface area contributed by atoms with Gasteiger partial charge < -0.3 is 9.15 Å². The number of likely N-dealkylation sites (N-methyl/N-ethyl adjacent to an activating group) is 1. The van der Waals surface area contributed by atoms with Crippen LogP contribution in [0, 0.1) is 0 Å². The van der Waals surface area contributed by atoms with Crippen molar-refractivity contribution in [1.82, 2.24) is 15.1 Å². The van der Waals surface area contributed by atoms with Crippen molar-refractivity contribution in [2.75, 3.05) is 32.1 Å². The maximum Gasteiger partial charge on any atom is 0.322 e. The molecule has 0 bridgehead atoms. The fourth-order valence-electron chi connectivity index (χ4n) is 1.67. The molecule has 1 aromatic heterocycles. The molecule has 1 aliphatic carbocycles. The first-order valence-corrected chi connectivity index (χ1v) is 6.56. The van der Waals surface area contributed by atoms with Gasteiger partial charge in [-0.15, -0.1) is 5.10 Å². The lowest BCUT2D eigenvalue weighted by molar-refractivity contribution is -0.144. The minimum absolute atomic E-state index is 0.0416. The molecule has 20 heavy (non-hydrogen) atoms. The van der Waals surface area contributed by atoms with Gasteiger partial charge in [0.05, 0.1) is 19.7 Å². The SMILES string of the molecule is CCOC(=O)CN(C)CC(=O)Nc1nnc(C2CC2)o1. The van der Waals surface area contributed by atoms with Crippen molar-refractivity contribution in [1.29, 1.82) is 0 Å². The molecule has 0 aliphatic heterocycles. The van der Waals surface area contributed by atoms with Crippen LogP contribution >= 0.6 is 0 Å². The Hall–Kier alpha value is -1.96. The van der Waals surface area contributed by atoms with Gasteiger partial charge in [-0.05, 0) is 26.8 Å². The summed E-state index contributed by atoms with van der Waals surface area (Å²) in [7, 11) is 1.65. The third kappa shape index (κ3) is 4.30. The normalized spacial score (nSPS) is 14.3. The van der Waals surface area contributed by atoms with Crippen molar-refractivity contribution in [3.8, 4) is 0 Å². The predicted octanol–water partition coefficient (Wildman–Crippen LogP) is 0.380. The Morgan fingerprint density at radius 1 is 1.40 bits per heavy atom. The summed E-state index contributed by atoms with van der Waals surface area (Å²) in [6.45, 7) is 2.15. The number of carbonyl (C=O) groups excluding carboxylic acids is 2. The molecule has 1 heterocycles. The zero-order valence-electron chi connectivity index (χ0n) is 11.6. The first-order valence-electron chi connectivity index (χ1n) is 6.56. The molecule has 0 saturated heterocycles. The van der Waals surface area contributed by atoms with Crippen LogP contribution in [0.5, 0.6) is 0 Å². The van der Waals surface area contributed by atoms with Crippen molar-refractivity contribution < 1.29 is 18.7 Å². The van der Waals surface area contributed by atoms with Crippen LogP contribution in [0.25, 0.3) is 0 Å². The molecule has 1 aromatic rings. The highest BCUT2D eigenvalue weighted by atomic mass is 16.5. The van der Waals surface area contributed by atoms with E-state index in [0.29, 0.717) is 18.4 Å². The second kappa shape index (κ2) is 6.47. The Labute approximate surface area is 116 Å². The highest BCUT2D eigenvalue weighted by Gasteiger charge is 2.29. The Morgan fingerprint density at radius 2 is 2.15 bits per heavy atom. The van der Waals surface area contributed by atoms with E-state index in [-0.39, 0.29) is 31.0 Å². The van der Waals surface area contributed by atoms with Crippen molar-refractivity contribution >= 4 is 17.9 Å². The number of esters is 1. The molecule has 1 N–H and O–H groups in total. The summed E-state index contributed by atoms with van der Waals surface area (Å²) in [5.41, 5.74) is 0. The molecule has 0 atom stereocenters. The lowest BCUT2D eigenvalue weighted by atomic mass is 10.4. The van der Waals surface area contributed by atoms with E-state index in [1.54, 1.807) is 18.9 Å². The molecule has 0 radical (unpaired) electrons. The smallest absolute Gasteiger partial charge is 0.322 e. The highest BCUT2D eigenvalue weighted by molar-refractivity contribution is 5.90. The van der Waals surface area contributed by atoms with Gasteiger partial charge in [0.2, 0.25) is 11.8 Å². The van der Waals surface area contributed by atoms with Gasteiger partial charge in [0, 0.05) is 5.92 Å². The van der Waals surface area contributed by atoms with Gasteiger partial charge in [0.25, 0.3) is 0 Å². The van der Waals surface area contributed by atoms with Crippen molar-refractivity contribution in [3.63, 3.8) is 0 Å². The van der Waals surface area contributed by atoms with Crippen molar-refractivity contribution in [2.45, 2.75) is 25.7 Å². The number of hydrogen-bond donors (Lipinski definition) is 1. The summed E-state index contributed by atoms with van der Waals surface area (Å²) in [6.07, 6.45) is 2.11. The number of hydrogen-bond acceptors (Lipinski definition) is 7. The molecule has 0 spiro atoms. The molecule has 1 aliphatic rings. The summed E-state index contributed by atoms with van der Waals surface area (Å²) in [6, 6.07) is 0.0986. The first-order chi connectivity index (χ1) is 9.58. The predicted molar refractivity (Wildman–Crippen MR) is 69.0 cm³/mol. The van der Waals surface area contributed by atoms with Gasteiger partial charge in [-0.3, -0.25) is 19.8 Å². The van der Waals surface area contributed by atoms with E-state index in [2.05, 4.69) is 15.5 Å². The molecule has 0 unspecified atom stereocenters. The van der Waals surface area contributed by atoms with E-state index in [1.807, 2.05) is 0 Å². The van der Waals surface area contributed by atoms with Gasteiger partial charge in [-0.25, -0.2) is 0 Å². The van der Waals surface area contributed by atoms with Crippen LogP contribution in [0.4, 0.5) is 6.01 Å². The third-order valence-electron chi connectivity index (χ3n) is 2.73. The molecular formula is C12H18N4O4. The van der Waals surface area contributed by atoms with Crippen molar-refractivity contribution in [3.05, 3.63) is 5.89 Å². The van der Waals surface area contributed by atoms with E-state index in [0.717, 1.165) is 12.8 Å². The van der Waals surface area contributed by atoms with E-state index in [4.69, 9.17) is 9.15 Å². The Balaban J connectivity index is 1.74. The zero-order chi connectivity index (χ0) is 14.5. The maximum atomic E-state index is 11.7. The monoisotopic (exact) mass is 282 g/mol. The number of aromatic nitrogens is 2. The molecule has 1 fully saturated rings. The number of carbonyl (C=O) groups is 2. The average molecular weight is 282 g/mol. The fourth-order valence-corrected chi connectivity index (χ4v) is 1.67. The number of rotatable bonds is 7. The largest absolute Gasteiger partial charge is 0.465 e. The van der Waals surface area contributed by atoms with Gasteiger partial charge >= 0.3 is 12.0 Å². The summed E-state index contributed by atoms with van der Waals surface area (Å²) >= 11 is 0. The van der Waals surface area contributed by atoms with Crippen LogP contribution in [0.15, 0.2) is 4.42 Å². The van der Waals surface area contributed by atoms with Gasteiger partial charge in [-0.1, -0.05) is 5.10 Å². The molecular weight excluding hydrogens is 264 g/mol. The number of anilines is 1. The lowest BCUT2D eigenvalue weighted by Gasteiger charge is -2.13. The van der Waals surface area contributed by atoms with E-state index in [9.17, 15) is 9.59 Å². The second-order valence-corrected chi connectivity index (χ2v) is 4.75. The molecule has 8 heteroatoms. The summed E-state index contributed by atoms with van der Waals surface area (Å²) in [5.74, 6) is 0.235. The summed E-state index contributed by atoms with van der Waals surface area (Å²) in [5, 5.41) is 10.1. The minimum atomic E-state index is -0.364. The third-order valence-corrected chi connectivity index (χ3v) is 2.73. The van der Waals surface area contributed by atoms with Crippen molar-refractivity contribution in [2.24, 2.45) is 0 Å². The summed E-state index contributed by atoms with van der Waals surface area (Å²) in [4.78, 5) is 24.5. The van der Waals surface area contributed by atoms with Gasteiger partial charge in [0.1, 0.15) is 0 Å². The van der Waals surface area contributed by atoms with Gasteiger partial charge in [0.15, 0.2) is 0 Å². The van der Waals surface area contributed by atoms with Crippen LogP contribution in [0.3, 0.4) is 0 Å². The Bertz CT molecular complexity index is 484. The van der Waals surface area contributed by atoms with Crippen LogP contribution < -0.4 is 5.32 Å². The quantitative estimate of drug-likeness (QED) is 0.722. The number of nitrogens with one attached hydrogen (secondary N) is 1. The summed E-state index contributed by atoms with van der Waals surface area (Å²) < 4.78 is 10.1. The Kier molecular flexibility index (Phi) is 4.67. The molecule has 0 aromatic carbocycles. The maximum absolute atomic E-state index is 11.7. The topological polar surface area (TPSA) is 97.6 Å². The first kappa shape index (κ1) is 14.4. The number of amides is 1. The fraction of sp³-hybridized carbons (Fsp3) is 0.667. The molecule has 110 valence electrons. The minimum Gasteiger partial charge on any atom is -0.465 e. The average Bonchev–Trinajstić information content (AvgIpc) is 3.10. The number of nitrogens with zero attached hydrogens (tertiary/aromatic N) is 3. The second-order valence-electron chi connectivity index (χ2n) is 4.75. The molecule has 8 nitrogen and oxygen atoms in total. The van der Waals surface area contributed by atoms with E-state index in [1.165, 1.54) is 0 Å². The van der Waals surface area contributed by atoms with Crippen LogP contribution in [-0.2, 0) is 14.3 Å². The zero-order valence-corrected chi connectivity index (χ0v) is 11.6. The molecule has 2 rings (SSSR count). The van der Waals surface area contributed by atoms with Gasteiger partial charge in [-0.2, -0.15) is 0 Å². The standard InChI is InChI=1S/C12H18N4O4/c1-3-19-10(18)7-16(2)6-9(17)13-12-15-14-11(20-12)8-4-5-8/h8H,3-7H2,1-2H3,(H,13,15,17). The lowest BCUT2D eigenvalue weighted by Crippen LogP contribution is -2.34. The van der Waals surface area contributed by atoms with Crippen LogP contribution in [0.1, 0.15) is 31.6 Å². The van der Waals surface area contributed by atoms with E-state index < -0.39 is 0 Å². The van der Waals surface area contributed by atoms with Crippen LogP contribution in [-0.4, -0.2) is 53.7 Å². The molecule has 1 saturated carbocycles. The van der Waals surface area contributed by atoms with E-state index >= 15 is 0 Å². The molecule has 1 amide bonds. The number of ether oxygens (including phenoxy) is 1. The van der Waals surface area contributed by atoms with Crippen LogP contribution in [0.2, 0.25) is 0 Å². The highest BCUT2D eigenvalue weighted by Crippen LogP contribution is 2.39. The Morgan fingerprint density at radius 3 is 2.80 bits per heavy atom.